The van der Waals surface area contributed by atoms with Gasteiger partial charge in [-0.05, 0) is 57.8 Å². The molecule has 2 unspecified atom stereocenters. The molecule has 0 aliphatic heterocycles. The molecule has 0 bridgehead atoms. The second kappa shape index (κ2) is 32.1. The maximum Gasteiger partial charge on any atom is 0.220 e. The highest BCUT2D eigenvalue weighted by Crippen LogP contribution is 2.13. The minimum atomic E-state index is -0.858. The van der Waals surface area contributed by atoms with Crippen LogP contribution < -0.4 is 5.32 Å². The molecule has 0 aromatic heterocycles. The minimum Gasteiger partial charge on any atom is -0.394 e. The zero-order valence-electron chi connectivity index (χ0n) is 26.6. The molecule has 234 valence electrons. The Labute approximate surface area is 249 Å². The molecule has 0 radical (unpaired) electrons. The van der Waals surface area contributed by atoms with Crippen LogP contribution in [0.1, 0.15) is 168 Å². The van der Waals surface area contributed by atoms with Crippen molar-refractivity contribution in [3.63, 3.8) is 0 Å². The normalized spacial score (nSPS) is 13.6. The van der Waals surface area contributed by atoms with E-state index in [0.29, 0.717) is 6.42 Å². The summed E-state index contributed by atoms with van der Waals surface area (Å²) in [6, 6.07) is -0.635. The van der Waals surface area contributed by atoms with E-state index < -0.39 is 12.1 Å². The molecular weight excluding hydrogens is 494 g/mol. The molecule has 0 aliphatic rings. The predicted octanol–water partition coefficient (Wildman–Crippen LogP) is 9.90. The Bertz CT molecular complexity index is 613. The molecule has 0 saturated heterocycles. The Morgan fingerprint density at radius 1 is 0.575 bits per heavy atom. The minimum absolute atomic E-state index is 0.0810. The van der Waals surface area contributed by atoms with Gasteiger partial charge in [0.25, 0.3) is 0 Å². The summed E-state index contributed by atoms with van der Waals surface area (Å²) in [6.45, 7) is 4.22. The average Bonchev–Trinajstić information content (AvgIpc) is 2.96. The largest absolute Gasteiger partial charge is 0.394 e. The molecule has 4 heteroatoms. The molecule has 0 spiro atoms. The summed E-state index contributed by atoms with van der Waals surface area (Å²) < 4.78 is 0. The predicted molar refractivity (Wildman–Crippen MR) is 175 cm³/mol. The van der Waals surface area contributed by atoms with Gasteiger partial charge in [-0.1, -0.05) is 140 Å². The Balaban J connectivity index is 3.61. The number of rotatable bonds is 30. The van der Waals surface area contributed by atoms with Crippen LogP contribution in [0.4, 0.5) is 0 Å². The van der Waals surface area contributed by atoms with Crippen molar-refractivity contribution < 1.29 is 15.0 Å². The van der Waals surface area contributed by atoms with Crippen LogP contribution in [0.2, 0.25) is 0 Å². The fourth-order valence-electron chi connectivity index (χ4n) is 4.89. The van der Waals surface area contributed by atoms with Gasteiger partial charge >= 0.3 is 0 Å². The van der Waals surface area contributed by atoms with E-state index in [4.69, 9.17) is 0 Å². The number of unbranched alkanes of at least 4 members (excludes halogenated alkanes) is 19. The van der Waals surface area contributed by atoms with Gasteiger partial charge in [0.2, 0.25) is 5.91 Å². The van der Waals surface area contributed by atoms with Gasteiger partial charge in [0.05, 0.1) is 18.8 Å². The maximum atomic E-state index is 12.3. The number of carbonyl (C=O) groups is 1. The number of amides is 1. The van der Waals surface area contributed by atoms with Crippen LogP contribution in [-0.2, 0) is 4.79 Å². The molecule has 2 atom stereocenters. The SMILES string of the molecule is CCCCC/C=C/CC/C=C/C(O)C(CO)NC(=O)CCCCCCCCCCC/C=C\CCCCCCCC. The highest BCUT2D eigenvalue weighted by molar-refractivity contribution is 5.76. The smallest absolute Gasteiger partial charge is 0.220 e. The Kier molecular flexibility index (Phi) is 31.0. The molecule has 4 nitrogen and oxygen atoms in total. The summed E-state index contributed by atoms with van der Waals surface area (Å²) in [5.41, 5.74) is 0. The van der Waals surface area contributed by atoms with Crippen LogP contribution in [-0.4, -0.2) is 34.9 Å². The quantitative estimate of drug-likeness (QED) is 0.0603. The van der Waals surface area contributed by atoms with Crippen LogP contribution in [0.5, 0.6) is 0 Å². The summed E-state index contributed by atoms with van der Waals surface area (Å²) >= 11 is 0. The summed E-state index contributed by atoms with van der Waals surface area (Å²) in [4.78, 5) is 12.3. The van der Waals surface area contributed by atoms with Gasteiger partial charge in [-0.15, -0.1) is 0 Å². The van der Waals surface area contributed by atoms with E-state index in [9.17, 15) is 15.0 Å². The number of aliphatic hydroxyl groups excluding tert-OH is 2. The third-order valence-corrected chi connectivity index (χ3v) is 7.60. The number of allylic oxidation sites excluding steroid dienone is 5. The van der Waals surface area contributed by atoms with Crippen LogP contribution in [0.25, 0.3) is 0 Å². The van der Waals surface area contributed by atoms with Gasteiger partial charge in [0.1, 0.15) is 0 Å². The van der Waals surface area contributed by atoms with Gasteiger partial charge in [-0.2, -0.15) is 0 Å². The zero-order chi connectivity index (χ0) is 29.4. The van der Waals surface area contributed by atoms with Crippen molar-refractivity contribution in [1.82, 2.24) is 5.32 Å². The average molecular weight is 562 g/mol. The molecule has 1 amide bonds. The van der Waals surface area contributed by atoms with E-state index in [1.165, 1.54) is 116 Å². The summed E-state index contributed by atoms with van der Waals surface area (Å²) in [5.74, 6) is -0.0810. The molecule has 0 heterocycles. The first-order valence-electron chi connectivity index (χ1n) is 17.2. The molecule has 0 aromatic carbocycles. The lowest BCUT2D eigenvalue weighted by atomic mass is 10.0. The third kappa shape index (κ3) is 28.1. The van der Waals surface area contributed by atoms with Crippen molar-refractivity contribution in [3.05, 3.63) is 36.5 Å². The molecule has 40 heavy (non-hydrogen) atoms. The van der Waals surface area contributed by atoms with E-state index in [-0.39, 0.29) is 12.5 Å². The highest BCUT2D eigenvalue weighted by atomic mass is 16.3. The Morgan fingerprint density at radius 3 is 1.50 bits per heavy atom. The Hall–Kier alpha value is -1.39. The lowest BCUT2D eigenvalue weighted by molar-refractivity contribution is -0.123. The molecule has 0 aliphatic carbocycles. The van der Waals surface area contributed by atoms with Gasteiger partial charge in [0, 0.05) is 6.42 Å². The van der Waals surface area contributed by atoms with Crippen molar-refractivity contribution in [2.45, 2.75) is 180 Å². The van der Waals surface area contributed by atoms with Crippen LogP contribution in [0.15, 0.2) is 36.5 Å². The van der Waals surface area contributed by atoms with Crippen molar-refractivity contribution in [3.8, 4) is 0 Å². The molecule has 0 aromatic rings. The monoisotopic (exact) mass is 562 g/mol. The lowest BCUT2D eigenvalue weighted by Gasteiger charge is -2.19. The summed E-state index contributed by atoms with van der Waals surface area (Å²) in [5, 5.41) is 22.7. The highest BCUT2D eigenvalue weighted by Gasteiger charge is 2.17. The van der Waals surface area contributed by atoms with Crippen molar-refractivity contribution in [2.24, 2.45) is 0 Å². The number of hydrogen-bond acceptors (Lipinski definition) is 3. The number of aliphatic hydroxyl groups is 2. The third-order valence-electron chi connectivity index (χ3n) is 7.60. The van der Waals surface area contributed by atoms with Gasteiger partial charge < -0.3 is 15.5 Å². The van der Waals surface area contributed by atoms with Crippen LogP contribution >= 0.6 is 0 Å². The first-order valence-corrected chi connectivity index (χ1v) is 17.2. The van der Waals surface area contributed by atoms with Crippen molar-refractivity contribution >= 4 is 5.91 Å². The van der Waals surface area contributed by atoms with E-state index in [2.05, 4.69) is 43.5 Å². The van der Waals surface area contributed by atoms with Gasteiger partial charge in [-0.25, -0.2) is 0 Å². The second-order valence-electron chi connectivity index (χ2n) is 11.6. The molecule has 0 rings (SSSR count). The standard InChI is InChI=1S/C36H67NO3/c1-3-5-7-9-11-13-14-15-16-17-18-19-20-21-22-24-26-28-30-32-36(40)37-34(33-38)35(39)31-29-27-25-23-12-10-8-6-4-2/h12,15-16,23,29,31,34-35,38-39H,3-11,13-14,17-22,24-28,30,32-33H2,1-2H3,(H,37,40)/b16-15-,23-12+,31-29+. The number of carbonyl (C=O) groups excluding carboxylic acids is 1. The zero-order valence-corrected chi connectivity index (χ0v) is 26.6. The number of nitrogens with one attached hydrogen (secondary N) is 1. The molecule has 3 N–H and O–H groups in total. The van der Waals surface area contributed by atoms with E-state index in [1.807, 2.05) is 6.08 Å². The molecular formula is C36H67NO3. The van der Waals surface area contributed by atoms with Crippen LogP contribution in [0.3, 0.4) is 0 Å². The van der Waals surface area contributed by atoms with E-state index in [1.54, 1.807) is 6.08 Å². The molecule has 0 fully saturated rings. The van der Waals surface area contributed by atoms with Crippen molar-refractivity contribution in [1.29, 1.82) is 0 Å². The van der Waals surface area contributed by atoms with Crippen LogP contribution in [0, 0.1) is 0 Å². The first kappa shape index (κ1) is 38.6. The van der Waals surface area contributed by atoms with E-state index in [0.717, 1.165) is 32.1 Å². The fourth-order valence-corrected chi connectivity index (χ4v) is 4.89. The summed E-state index contributed by atoms with van der Waals surface area (Å²) in [7, 11) is 0. The number of hydrogen-bond donors (Lipinski definition) is 3. The first-order chi connectivity index (χ1) is 19.7. The Morgan fingerprint density at radius 2 is 0.975 bits per heavy atom. The lowest BCUT2D eigenvalue weighted by Crippen LogP contribution is -2.45. The van der Waals surface area contributed by atoms with E-state index >= 15 is 0 Å². The topological polar surface area (TPSA) is 69.6 Å². The van der Waals surface area contributed by atoms with Gasteiger partial charge in [0.15, 0.2) is 0 Å². The fraction of sp³-hybridized carbons (Fsp3) is 0.806. The van der Waals surface area contributed by atoms with Gasteiger partial charge in [-0.3, -0.25) is 4.79 Å². The van der Waals surface area contributed by atoms with Crippen molar-refractivity contribution in [2.75, 3.05) is 6.61 Å². The maximum absolute atomic E-state index is 12.3. The second-order valence-corrected chi connectivity index (χ2v) is 11.6. The summed E-state index contributed by atoms with van der Waals surface area (Å²) in [6.07, 6.45) is 40.9. The molecule has 0 saturated carbocycles.